The standard InChI is InChI=1S/C13H16F3NO2/c1-8(17)11(7-12(18)19-2)9-4-3-5-10(6-9)13(14,15)16/h3-6,8,11H,7,17H2,1-2H3. The topological polar surface area (TPSA) is 52.3 Å². The van der Waals surface area contributed by atoms with E-state index in [0.717, 1.165) is 12.1 Å². The van der Waals surface area contributed by atoms with Crippen LogP contribution in [0.4, 0.5) is 13.2 Å². The molecule has 2 N–H and O–H groups in total. The molecule has 0 heterocycles. The summed E-state index contributed by atoms with van der Waals surface area (Å²) < 4.78 is 42.4. The van der Waals surface area contributed by atoms with Gasteiger partial charge in [0.1, 0.15) is 0 Å². The van der Waals surface area contributed by atoms with Crippen LogP contribution in [0.25, 0.3) is 0 Å². The molecule has 0 fully saturated rings. The van der Waals surface area contributed by atoms with E-state index < -0.39 is 29.7 Å². The number of nitrogens with two attached hydrogens (primary N) is 1. The molecule has 2 unspecified atom stereocenters. The van der Waals surface area contributed by atoms with Gasteiger partial charge in [0, 0.05) is 12.0 Å². The zero-order valence-electron chi connectivity index (χ0n) is 10.7. The van der Waals surface area contributed by atoms with E-state index in [1.807, 2.05) is 0 Å². The van der Waals surface area contributed by atoms with Crippen LogP contribution in [0.3, 0.4) is 0 Å². The number of ether oxygens (including phenoxy) is 1. The summed E-state index contributed by atoms with van der Waals surface area (Å²) >= 11 is 0. The van der Waals surface area contributed by atoms with Gasteiger partial charge >= 0.3 is 12.1 Å². The van der Waals surface area contributed by atoms with E-state index in [-0.39, 0.29) is 6.42 Å². The number of benzene rings is 1. The van der Waals surface area contributed by atoms with Crippen molar-refractivity contribution in [3.05, 3.63) is 35.4 Å². The summed E-state index contributed by atoms with van der Waals surface area (Å²) in [5.74, 6) is -1.01. The highest BCUT2D eigenvalue weighted by atomic mass is 19.4. The summed E-state index contributed by atoms with van der Waals surface area (Å²) in [5, 5.41) is 0. The summed E-state index contributed by atoms with van der Waals surface area (Å²) in [6, 6.07) is 4.40. The zero-order valence-corrected chi connectivity index (χ0v) is 10.7. The minimum absolute atomic E-state index is 0.0462. The Morgan fingerprint density at radius 2 is 2.05 bits per heavy atom. The van der Waals surface area contributed by atoms with Gasteiger partial charge in [-0.05, 0) is 18.6 Å². The molecule has 0 spiro atoms. The maximum atomic E-state index is 12.6. The lowest BCUT2D eigenvalue weighted by Gasteiger charge is -2.21. The van der Waals surface area contributed by atoms with Gasteiger partial charge in [-0.2, -0.15) is 13.2 Å². The first-order chi connectivity index (χ1) is 8.75. The molecule has 3 nitrogen and oxygen atoms in total. The van der Waals surface area contributed by atoms with Crippen molar-refractivity contribution in [2.75, 3.05) is 7.11 Å². The number of methoxy groups -OCH3 is 1. The predicted molar refractivity (Wildman–Crippen MR) is 64.5 cm³/mol. The fraction of sp³-hybridized carbons (Fsp3) is 0.462. The first-order valence-electron chi connectivity index (χ1n) is 5.75. The number of hydrogen-bond acceptors (Lipinski definition) is 3. The second kappa shape index (κ2) is 6.06. The summed E-state index contributed by atoms with van der Waals surface area (Å²) in [5.41, 5.74) is 5.38. The molecular weight excluding hydrogens is 259 g/mol. The van der Waals surface area contributed by atoms with Crippen LogP contribution in [-0.4, -0.2) is 19.1 Å². The fourth-order valence-corrected chi connectivity index (χ4v) is 1.82. The third-order valence-electron chi connectivity index (χ3n) is 2.89. The Kier molecular flexibility index (Phi) is 4.94. The van der Waals surface area contributed by atoms with Crippen LogP contribution in [-0.2, 0) is 15.7 Å². The molecular formula is C13H16F3NO2. The van der Waals surface area contributed by atoms with Crippen molar-refractivity contribution in [2.24, 2.45) is 5.73 Å². The molecule has 0 aliphatic rings. The third-order valence-corrected chi connectivity index (χ3v) is 2.89. The van der Waals surface area contributed by atoms with Crippen LogP contribution < -0.4 is 5.73 Å². The molecule has 1 aromatic rings. The van der Waals surface area contributed by atoms with Crippen LogP contribution in [0.2, 0.25) is 0 Å². The number of halogens is 3. The van der Waals surface area contributed by atoms with Gasteiger partial charge in [0.15, 0.2) is 0 Å². The quantitative estimate of drug-likeness (QED) is 0.859. The second-order valence-corrected chi connectivity index (χ2v) is 4.37. The lowest BCUT2D eigenvalue weighted by Crippen LogP contribution is -2.27. The Hall–Kier alpha value is -1.56. The van der Waals surface area contributed by atoms with Crippen molar-refractivity contribution in [3.8, 4) is 0 Å². The van der Waals surface area contributed by atoms with E-state index in [1.54, 1.807) is 6.92 Å². The first kappa shape index (κ1) is 15.5. The van der Waals surface area contributed by atoms with Gasteiger partial charge in [0.25, 0.3) is 0 Å². The van der Waals surface area contributed by atoms with Crippen molar-refractivity contribution in [1.29, 1.82) is 0 Å². The Morgan fingerprint density at radius 1 is 1.42 bits per heavy atom. The molecule has 1 aromatic carbocycles. The SMILES string of the molecule is COC(=O)CC(c1cccc(C(F)(F)F)c1)C(C)N. The number of esters is 1. The molecule has 0 saturated heterocycles. The van der Waals surface area contributed by atoms with E-state index >= 15 is 0 Å². The van der Waals surface area contributed by atoms with Crippen molar-refractivity contribution < 1.29 is 22.7 Å². The highest BCUT2D eigenvalue weighted by molar-refractivity contribution is 5.70. The lowest BCUT2D eigenvalue weighted by molar-refractivity contribution is -0.141. The van der Waals surface area contributed by atoms with E-state index in [9.17, 15) is 18.0 Å². The van der Waals surface area contributed by atoms with Gasteiger partial charge in [-0.1, -0.05) is 18.2 Å². The Balaban J connectivity index is 3.06. The maximum Gasteiger partial charge on any atom is 0.416 e. The Labute approximate surface area is 109 Å². The summed E-state index contributed by atoms with van der Waals surface area (Å²) in [4.78, 5) is 11.3. The Morgan fingerprint density at radius 3 is 2.53 bits per heavy atom. The largest absolute Gasteiger partial charge is 0.469 e. The van der Waals surface area contributed by atoms with Crippen molar-refractivity contribution in [2.45, 2.75) is 31.5 Å². The molecule has 2 atom stereocenters. The van der Waals surface area contributed by atoms with Crippen LogP contribution in [0.15, 0.2) is 24.3 Å². The van der Waals surface area contributed by atoms with Crippen LogP contribution >= 0.6 is 0 Å². The molecule has 0 radical (unpaired) electrons. The molecule has 0 aromatic heterocycles. The summed E-state index contributed by atoms with van der Waals surface area (Å²) in [6.07, 6.45) is -4.46. The van der Waals surface area contributed by atoms with E-state index in [1.165, 1.54) is 19.2 Å². The normalized spacial score (nSPS) is 14.8. The smallest absolute Gasteiger partial charge is 0.416 e. The molecule has 6 heteroatoms. The molecule has 106 valence electrons. The van der Waals surface area contributed by atoms with E-state index in [2.05, 4.69) is 4.74 Å². The molecule has 1 rings (SSSR count). The number of carbonyl (C=O) groups excluding carboxylic acids is 1. The minimum atomic E-state index is -4.41. The number of carbonyl (C=O) groups is 1. The molecule has 0 aliphatic carbocycles. The van der Waals surface area contributed by atoms with E-state index in [0.29, 0.717) is 5.56 Å². The predicted octanol–water partition coefficient (Wildman–Crippen LogP) is 2.70. The van der Waals surface area contributed by atoms with Gasteiger partial charge in [-0.3, -0.25) is 4.79 Å². The van der Waals surface area contributed by atoms with Crippen LogP contribution in [0, 0.1) is 0 Å². The monoisotopic (exact) mass is 275 g/mol. The van der Waals surface area contributed by atoms with Gasteiger partial charge in [-0.25, -0.2) is 0 Å². The molecule has 0 saturated carbocycles. The molecule has 19 heavy (non-hydrogen) atoms. The van der Waals surface area contributed by atoms with Crippen molar-refractivity contribution >= 4 is 5.97 Å². The van der Waals surface area contributed by atoms with Crippen LogP contribution in [0.1, 0.15) is 30.4 Å². The minimum Gasteiger partial charge on any atom is -0.469 e. The third kappa shape index (κ3) is 4.24. The van der Waals surface area contributed by atoms with Crippen molar-refractivity contribution in [1.82, 2.24) is 0 Å². The van der Waals surface area contributed by atoms with Crippen molar-refractivity contribution in [3.63, 3.8) is 0 Å². The van der Waals surface area contributed by atoms with Gasteiger partial charge in [0.05, 0.1) is 19.1 Å². The zero-order chi connectivity index (χ0) is 14.6. The average Bonchev–Trinajstić information content (AvgIpc) is 2.34. The number of rotatable bonds is 4. The van der Waals surface area contributed by atoms with Crippen LogP contribution in [0.5, 0.6) is 0 Å². The fourth-order valence-electron chi connectivity index (χ4n) is 1.82. The van der Waals surface area contributed by atoms with Gasteiger partial charge < -0.3 is 10.5 Å². The number of hydrogen-bond donors (Lipinski definition) is 1. The molecule has 0 aliphatic heterocycles. The average molecular weight is 275 g/mol. The number of alkyl halides is 3. The first-order valence-corrected chi connectivity index (χ1v) is 5.75. The molecule has 0 amide bonds. The highest BCUT2D eigenvalue weighted by Gasteiger charge is 2.31. The van der Waals surface area contributed by atoms with E-state index in [4.69, 9.17) is 5.73 Å². The highest BCUT2D eigenvalue weighted by Crippen LogP contribution is 2.32. The Bertz CT molecular complexity index is 444. The van der Waals surface area contributed by atoms with Gasteiger partial charge in [0.2, 0.25) is 0 Å². The lowest BCUT2D eigenvalue weighted by atomic mass is 9.89. The summed E-state index contributed by atoms with van der Waals surface area (Å²) in [7, 11) is 1.23. The van der Waals surface area contributed by atoms with Gasteiger partial charge in [-0.15, -0.1) is 0 Å². The second-order valence-electron chi connectivity index (χ2n) is 4.37. The maximum absolute atomic E-state index is 12.6. The summed E-state index contributed by atoms with van der Waals surface area (Å²) in [6.45, 7) is 1.65. The molecule has 0 bridgehead atoms.